The topological polar surface area (TPSA) is 42.4 Å². The first-order valence-corrected chi connectivity index (χ1v) is 10.1. The van der Waals surface area contributed by atoms with Crippen molar-refractivity contribution in [2.24, 2.45) is 0 Å². The predicted molar refractivity (Wildman–Crippen MR) is 110 cm³/mol. The Hall–Kier alpha value is -2.73. The van der Waals surface area contributed by atoms with Crippen molar-refractivity contribution in [2.45, 2.75) is 18.8 Å². The van der Waals surface area contributed by atoms with E-state index in [0.29, 0.717) is 12.1 Å². The minimum Gasteiger partial charge on any atom is -0.494 e. The van der Waals surface area contributed by atoms with Crippen LogP contribution in [0.1, 0.15) is 29.3 Å². The van der Waals surface area contributed by atoms with Crippen molar-refractivity contribution in [2.75, 3.05) is 20.2 Å². The first-order chi connectivity index (χ1) is 13.6. The molecular formula is C22H21FN2O2S. The van der Waals surface area contributed by atoms with Crippen LogP contribution in [0.25, 0.3) is 16.3 Å². The molecular weight excluding hydrogens is 375 g/mol. The van der Waals surface area contributed by atoms with Crippen LogP contribution in [-0.2, 0) is 4.79 Å². The highest BCUT2D eigenvalue weighted by Gasteiger charge is 2.26. The normalized spacial score (nSPS) is 17.4. The highest BCUT2D eigenvalue weighted by molar-refractivity contribution is 7.18. The van der Waals surface area contributed by atoms with Crippen molar-refractivity contribution in [3.8, 4) is 5.75 Å². The summed E-state index contributed by atoms with van der Waals surface area (Å²) in [5.74, 6) is -0.0341. The van der Waals surface area contributed by atoms with Crippen LogP contribution in [0, 0.1) is 5.82 Å². The van der Waals surface area contributed by atoms with Gasteiger partial charge in [-0.2, -0.15) is 0 Å². The number of hydrogen-bond donors (Lipinski definition) is 0. The maximum atomic E-state index is 13.8. The van der Waals surface area contributed by atoms with Gasteiger partial charge in [0, 0.05) is 25.1 Å². The summed E-state index contributed by atoms with van der Waals surface area (Å²) < 4.78 is 19.9. The van der Waals surface area contributed by atoms with Crippen LogP contribution in [-0.4, -0.2) is 36.0 Å². The van der Waals surface area contributed by atoms with Crippen LogP contribution in [0.2, 0.25) is 0 Å². The van der Waals surface area contributed by atoms with Gasteiger partial charge in [0.15, 0.2) is 11.6 Å². The van der Waals surface area contributed by atoms with Gasteiger partial charge in [-0.15, -0.1) is 11.3 Å². The molecule has 0 N–H and O–H groups in total. The summed E-state index contributed by atoms with van der Waals surface area (Å²) in [6.07, 6.45) is 5.16. The molecule has 0 spiro atoms. The summed E-state index contributed by atoms with van der Waals surface area (Å²) in [6.45, 7) is 1.40. The number of methoxy groups -OCH3 is 1. The van der Waals surface area contributed by atoms with Gasteiger partial charge in [0.2, 0.25) is 5.91 Å². The van der Waals surface area contributed by atoms with E-state index in [1.165, 1.54) is 24.0 Å². The summed E-state index contributed by atoms with van der Waals surface area (Å²) in [5.41, 5.74) is 1.65. The van der Waals surface area contributed by atoms with Gasteiger partial charge in [0.1, 0.15) is 0 Å². The van der Waals surface area contributed by atoms with Crippen LogP contribution >= 0.6 is 11.3 Å². The summed E-state index contributed by atoms with van der Waals surface area (Å²) in [5, 5.41) is 1.10. The molecule has 0 bridgehead atoms. The molecule has 1 aliphatic heterocycles. The van der Waals surface area contributed by atoms with Gasteiger partial charge in [-0.3, -0.25) is 4.79 Å². The first-order valence-electron chi connectivity index (χ1n) is 9.30. The number of carbonyl (C=O) groups excluding carboxylic acids is 1. The van der Waals surface area contributed by atoms with Crippen LogP contribution in [0.3, 0.4) is 0 Å². The second kappa shape index (κ2) is 8.10. The van der Waals surface area contributed by atoms with Crippen LogP contribution in [0.5, 0.6) is 5.75 Å². The molecule has 0 aliphatic carbocycles. The van der Waals surface area contributed by atoms with Crippen molar-refractivity contribution in [3.05, 3.63) is 64.9 Å². The summed E-state index contributed by atoms with van der Waals surface area (Å²) >= 11 is 1.71. The third-order valence-electron chi connectivity index (χ3n) is 4.99. The number of ether oxygens (including phenoxy) is 1. The van der Waals surface area contributed by atoms with E-state index in [0.717, 1.165) is 29.9 Å². The minimum absolute atomic E-state index is 0.0537. The standard InChI is InChI=1S/C22H21FN2O2S/c1-27-19-10-8-15(13-17(19)23)9-11-21(26)25-12-4-5-16(14-25)22-24-18-6-2-3-7-20(18)28-22/h2-3,6-11,13,16H,4-5,12,14H2,1H3/b11-9+/t16-/m1/s1. The molecule has 4 rings (SSSR count). The van der Waals surface area contributed by atoms with Gasteiger partial charge in [0.05, 0.1) is 22.3 Å². The van der Waals surface area contributed by atoms with E-state index in [1.807, 2.05) is 23.1 Å². The Bertz CT molecular complexity index is 997. The van der Waals surface area contributed by atoms with E-state index in [4.69, 9.17) is 9.72 Å². The third kappa shape index (κ3) is 3.92. The fourth-order valence-electron chi connectivity index (χ4n) is 3.50. The van der Waals surface area contributed by atoms with Gasteiger partial charge < -0.3 is 9.64 Å². The number of likely N-dealkylation sites (tertiary alicyclic amines) is 1. The molecule has 4 nitrogen and oxygen atoms in total. The molecule has 1 aliphatic rings. The third-order valence-corrected chi connectivity index (χ3v) is 6.19. The Morgan fingerprint density at radius 1 is 1.32 bits per heavy atom. The number of para-hydroxylation sites is 1. The number of rotatable bonds is 4. The van der Waals surface area contributed by atoms with E-state index >= 15 is 0 Å². The molecule has 1 amide bonds. The molecule has 144 valence electrons. The number of carbonyl (C=O) groups is 1. The zero-order valence-electron chi connectivity index (χ0n) is 15.6. The number of benzene rings is 2. The lowest BCUT2D eigenvalue weighted by molar-refractivity contribution is -0.127. The highest BCUT2D eigenvalue weighted by Crippen LogP contribution is 2.33. The quantitative estimate of drug-likeness (QED) is 0.591. The molecule has 28 heavy (non-hydrogen) atoms. The number of fused-ring (bicyclic) bond motifs is 1. The average Bonchev–Trinajstić information content (AvgIpc) is 3.16. The summed E-state index contributed by atoms with van der Waals surface area (Å²) in [4.78, 5) is 19.2. The van der Waals surface area contributed by atoms with Crippen molar-refractivity contribution < 1.29 is 13.9 Å². The lowest BCUT2D eigenvalue weighted by atomic mass is 9.98. The average molecular weight is 396 g/mol. The summed E-state index contributed by atoms with van der Waals surface area (Å²) in [7, 11) is 1.43. The summed E-state index contributed by atoms with van der Waals surface area (Å²) in [6, 6.07) is 12.8. The van der Waals surface area contributed by atoms with E-state index in [9.17, 15) is 9.18 Å². The highest BCUT2D eigenvalue weighted by atomic mass is 32.1. The minimum atomic E-state index is -0.439. The van der Waals surface area contributed by atoms with Gasteiger partial charge in [-0.1, -0.05) is 18.2 Å². The first kappa shape index (κ1) is 18.6. The lowest BCUT2D eigenvalue weighted by Gasteiger charge is -2.31. The zero-order chi connectivity index (χ0) is 19.5. The maximum absolute atomic E-state index is 13.8. The van der Waals surface area contributed by atoms with Crippen LogP contribution < -0.4 is 4.74 Å². The largest absolute Gasteiger partial charge is 0.494 e. The molecule has 3 aromatic rings. The Morgan fingerprint density at radius 2 is 2.18 bits per heavy atom. The van der Waals surface area contributed by atoms with E-state index in [2.05, 4.69) is 6.07 Å². The van der Waals surface area contributed by atoms with Gasteiger partial charge >= 0.3 is 0 Å². The molecule has 2 aromatic carbocycles. The van der Waals surface area contributed by atoms with Crippen molar-refractivity contribution >= 4 is 33.5 Å². The Labute approximate surface area is 167 Å². The van der Waals surface area contributed by atoms with Crippen molar-refractivity contribution in [3.63, 3.8) is 0 Å². The monoisotopic (exact) mass is 396 g/mol. The Morgan fingerprint density at radius 3 is 2.96 bits per heavy atom. The smallest absolute Gasteiger partial charge is 0.246 e. The lowest BCUT2D eigenvalue weighted by Crippen LogP contribution is -2.38. The fraction of sp³-hybridized carbons (Fsp3) is 0.273. The number of halogens is 1. The van der Waals surface area contributed by atoms with Crippen molar-refractivity contribution in [1.82, 2.24) is 9.88 Å². The zero-order valence-corrected chi connectivity index (χ0v) is 16.4. The van der Waals surface area contributed by atoms with E-state index < -0.39 is 5.82 Å². The SMILES string of the molecule is COc1ccc(/C=C/C(=O)N2CCC[C@@H](c3nc4ccccc4s3)C2)cc1F. The Balaban J connectivity index is 1.45. The molecule has 1 atom stereocenters. The molecule has 1 fully saturated rings. The molecule has 0 saturated carbocycles. The number of piperidine rings is 1. The number of aromatic nitrogens is 1. The molecule has 0 radical (unpaired) electrons. The fourth-order valence-corrected chi connectivity index (χ4v) is 4.60. The molecule has 0 unspecified atom stereocenters. The molecule has 1 saturated heterocycles. The van der Waals surface area contributed by atoms with Gasteiger partial charge in [-0.25, -0.2) is 9.37 Å². The number of amides is 1. The van der Waals surface area contributed by atoms with E-state index in [1.54, 1.807) is 29.5 Å². The van der Waals surface area contributed by atoms with Gasteiger partial charge in [0.25, 0.3) is 0 Å². The second-order valence-corrected chi connectivity index (χ2v) is 7.93. The number of hydrogen-bond acceptors (Lipinski definition) is 4. The molecule has 2 heterocycles. The predicted octanol–water partition coefficient (Wildman–Crippen LogP) is 4.86. The van der Waals surface area contributed by atoms with Crippen molar-refractivity contribution in [1.29, 1.82) is 0 Å². The van der Waals surface area contributed by atoms with Crippen LogP contribution in [0.15, 0.2) is 48.5 Å². The van der Waals surface area contributed by atoms with Crippen LogP contribution in [0.4, 0.5) is 4.39 Å². The number of thiazole rings is 1. The molecule has 6 heteroatoms. The molecule has 1 aromatic heterocycles. The second-order valence-electron chi connectivity index (χ2n) is 6.87. The number of nitrogens with zero attached hydrogens (tertiary/aromatic N) is 2. The van der Waals surface area contributed by atoms with E-state index in [-0.39, 0.29) is 17.6 Å². The maximum Gasteiger partial charge on any atom is 0.246 e. The van der Waals surface area contributed by atoms with Gasteiger partial charge in [-0.05, 0) is 48.7 Å². The Kier molecular flexibility index (Phi) is 5.39.